The van der Waals surface area contributed by atoms with Gasteiger partial charge in [-0.3, -0.25) is 0 Å². The van der Waals surface area contributed by atoms with E-state index in [0.717, 1.165) is 18.8 Å². The number of hydrogen-bond acceptors (Lipinski definition) is 6. The van der Waals surface area contributed by atoms with E-state index >= 15 is 0 Å². The van der Waals surface area contributed by atoms with Crippen LogP contribution in [-0.2, 0) is 4.74 Å². The molecule has 4 rings (SSSR count). The molecule has 1 saturated heterocycles. The van der Waals surface area contributed by atoms with E-state index < -0.39 is 0 Å². The largest absolute Gasteiger partial charge is 0.378 e. The molecule has 1 N–H and O–H groups in total. The van der Waals surface area contributed by atoms with E-state index in [2.05, 4.69) is 25.3 Å². The second-order valence-corrected chi connectivity index (χ2v) is 6.05. The van der Waals surface area contributed by atoms with Crippen LogP contribution in [0.25, 0.3) is 5.82 Å². The minimum Gasteiger partial charge on any atom is -0.378 e. The number of halogens is 1. The molecule has 8 heteroatoms. The topological polar surface area (TPSA) is 68.1 Å². The summed E-state index contributed by atoms with van der Waals surface area (Å²) >= 11 is 0. The van der Waals surface area contributed by atoms with Gasteiger partial charge in [-0.15, -0.1) is 5.10 Å². The third-order valence-corrected chi connectivity index (χ3v) is 4.24. The molecule has 26 heavy (non-hydrogen) atoms. The molecule has 0 saturated carbocycles. The van der Waals surface area contributed by atoms with Crippen molar-refractivity contribution in [3.05, 3.63) is 54.2 Å². The molecule has 0 unspecified atom stereocenters. The molecule has 7 nitrogen and oxygen atoms in total. The third-order valence-electron chi connectivity index (χ3n) is 4.24. The average molecular weight is 354 g/mol. The van der Waals surface area contributed by atoms with E-state index in [0.29, 0.717) is 36.2 Å². The first kappa shape index (κ1) is 16.5. The van der Waals surface area contributed by atoms with Crippen molar-refractivity contribution in [3.8, 4) is 5.82 Å². The summed E-state index contributed by atoms with van der Waals surface area (Å²) in [6.45, 7) is 4.68. The highest BCUT2D eigenvalue weighted by Crippen LogP contribution is 2.28. The molecule has 0 atom stereocenters. The van der Waals surface area contributed by atoms with Crippen LogP contribution in [0.15, 0.2) is 42.9 Å². The molecule has 1 fully saturated rings. The monoisotopic (exact) mass is 354 g/mol. The lowest BCUT2D eigenvalue weighted by molar-refractivity contribution is 0.122. The molecular formula is C18H19FN6O. The Morgan fingerprint density at radius 2 is 2.00 bits per heavy atom. The van der Waals surface area contributed by atoms with Crippen LogP contribution in [-0.4, -0.2) is 46.1 Å². The molecule has 0 aliphatic carbocycles. The predicted octanol–water partition coefficient (Wildman–Crippen LogP) is 2.69. The van der Waals surface area contributed by atoms with Gasteiger partial charge in [-0.05, 0) is 36.8 Å². The summed E-state index contributed by atoms with van der Waals surface area (Å²) in [7, 11) is 0. The van der Waals surface area contributed by atoms with E-state index in [1.54, 1.807) is 30.2 Å². The Labute approximate surface area is 150 Å². The molecule has 1 aliphatic rings. The molecule has 0 bridgehead atoms. The number of rotatable bonds is 4. The Balaban J connectivity index is 1.59. The lowest BCUT2D eigenvalue weighted by atomic mass is 10.1. The van der Waals surface area contributed by atoms with Crippen molar-refractivity contribution in [1.82, 2.24) is 19.7 Å². The van der Waals surface area contributed by atoms with Crippen LogP contribution in [0, 0.1) is 12.7 Å². The van der Waals surface area contributed by atoms with Crippen molar-refractivity contribution in [3.63, 3.8) is 0 Å². The SMILES string of the molecule is Cc1cc(N2CCOCC2)cc(Nc2ncn(-c3ccccn3)n2)c1F. The molecule has 0 amide bonds. The first-order valence-electron chi connectivity index (χ1n) is 8.43. The third kappa shape index (κ3) is 3.36. The van der Waals surface area contributed by atoms with E-state index in [1.807, 2.05) is 24.3 Å². The maximum Gasteiger partial charge on any atom is 0.247 e. The molecule has 2 aromatic heterocycles. The van der Waals surface area contributed by atoms with Crippen molar-refractivity contribution < 1.29 is 9.13 Å². The number of aromatic nitrogens is 4. The van der Waals surface area contributed by atoms with Crippen LogP contribution < -0.4 is 10.2 Å². The summed E-state index contributed by atoms with van der Waals surface area (Å²) in [4.78, 5) is 10.6. The van der Waals surface area contributed by atoms with E-state index in [-0.39, 0.29) is 5.82 Å². The molecule has 0 spiro atoms. The zero-order chi connectivity index (χ0) is 17.9. The highest BCUT2D eigenvalue weighted by atomic mass is 19.1. The van der Waals surface area contributed by atoms with E-state index in [9.17, 15) is 4.39 Å². The second-order valence-electron chi connectivity index (χ2n) is 6.05. The summed E-state index contributed by atoms with van der Waals surface area (Å²) < 4.78 is 21.5. The molecule has 1 aromatic carbocycles. The van der Waals surface area contributed by atoms with Gasteiger partial charge >= 0.3 is 0 Å². The smallest absolute Gasteiger partial charge is 0.247 e. The zero-order valence-electron chi connectivity index (χ0n) is 14.4. The minimum atomic E-state index is -0.309. The first-order valence-corrected chi connectivity index (χ1v) is 8.43. The fraction of sp³-hybridized carbons (Fsp3) is 0.278. The number of ether oxygens (including phenoxy) is 1. The number of aryl methyl sites for hydroxylation is 1. The first-order chi connectivity index (χ1) is 12.7. The van der Waals surface area contributed by atoms with Gasteiger partial charge in [0.05, 0.1) is 18.9 Å². The number of hydrogen-bond donors (Lipinski definition) is 1. The lowest BCUT2D eigenvalue weighted by Crippen LogP contribution is -2.36. The predicted molar refractivity (Wildman–Crippen MR) is 96.6 cm³/mol. The maximum atomic E-state index is 14.6. The van der Waals surface area contributed by atoms with Crippen LogP contribution in [0.5, 0.6) is 0 Å². The Kier molecular flexibility index (Phi) is 4.49. The molecule has 134 valence electrons. The van der Waals surface area contributed by atoms with Gasteiger partial charge in [0, 0.05) is 25.0 Å². The Morgan fingerprint density at radius 3 is 2.77 bits per heavy atom. The van der Waals surface area contributed by atoms with Crippen LogP contribution in [0.2, 0.25) is 0 Å². The van der Waals surface area contributed by atoms with Crippen LogP contribution in [0.3, 0.4) is 0 Å². The highest BCUT2D eigenvalue weighted by molar-refractivity contribution is 5.65. The zero-order valence-corrected chi connectivity index (χ0v) is 14.4. The van der Waals surface area contributed by atoms with Gasteiger partial charge in [0.25, 0.3) is 0 Å². The second kappa shape index (κ2) is 7.09. The highest BCUT2D eigenvalue weighted by Gasteiger charge is 2.16. The maximum absolute atomic E-state index is 14.6. The molecule has 0 radical (unpaired) electrons. The summed E-state index contributed by atoms with van der Waals surface area (Å²) in [5, 5.41) is 7.30. The number of anilines is 3. The lowest BCUT2D eigenvalue weighted by Gasteiger charge is -2.29. The molecule has 1 aliphatic heterocycles. The van der Waals surface area contributed by atoms with E-state index in [1.165, 1.54) is 0 Å². The van der Waals surface area contributed by atoms with E-state index in [4.69, 9.17) is 4.74 Å². The van der Waals surface area contributed by atoms with Crippen LogP contribution in [0.1, 0.15) is 5.56 Å². The van der Waals surface area contributed by atoms with Crippen molar-refractivity contribution in [1.29, 1.82) is 0 Å². The fourth-order valence-corrected chi connectivity index (χ4v) is 2.89. The number of morpholine rings is 1. The van der Waals surface area contributed by atoms with Crippen molar-refractivity contribution >= 4 is 17.3 Å². The van der Waals surface area contributed by atoms with Gasteiger partial charge in [0.1, 0.15) is 12.1 Å². The van der Waals surface area contributed by atoms with Gasteiger partial charge in [0.2, 0.25) is 5.95 Å². The van der Waals surface area contributed by atoms with Gasteiger partial charge in [-0.25, -0.2) is 14.1 Å². The molecule has 3 aromatic rings. The number of benzene rings is 1. The van der Waals surface area contributed by atoms with Crippen LogP contribution >= 0.6 is 0 Å². The Hall–Kier alpha value is -3.00. The van der Waals surface area contributed by atoms with Gasteiger partial charge in [-0.1, -0.05) is 6.07 Å². The summed E-state index contributed by atoms with van der Waals surface area (Å²) in [5.74, 6) is 0.649. The molecular weight excluding hydrogens is 335 g/mol. The van der Waals surface area contributed by atoms with Crippen molar-refractivity contribution in [2.45, 2.75) is 6.92 Å². The minimum absolute atomic E-state index is 0.309. The molecule has 3 heterocycles. The standard InChI is InChI=1S/C18H19FN6O/c1-13-10-14(24-6-8-26-9-7-24)11-15(17(13)19)22-18-21-12-25(23-18)16-4-2-3-5-20-16/h2-5,10-12H,6-9H2,1H3,(H,22,23). The summed E-state index contributed by atoms with van der Waals surface area (Å²) in [6, 6.07) is 9.16. The Morgan fingerprint density at radius 1 is 1.15 bits per heavy atom. The average Bonchev–Trinajstić information content (AvgIpc) is 3.15. The van der Waals surface area contributed by atoms with Crippen molar-refractivity contribution in [2.24, 2.45) is 0 Å². The number of pyridine rings is 1. The van der Waals surface area contributed by atoms with Crippen LogP contribution in [0.4, 0.5) is 21.7 Å². The Bertz CT molecular complexity index is 892. The number of nitrogens with zero attached hydrogens (tertiary/aromatic N) is 5. The summed E-state index contributed by atoms with van der Waals surface area (Å²) in [5.41, 5.74) is 1.88. The quantitative estimate of drug-likeness (QED) is 0.777. The van der Waals surface area contributed by atoms with Gasteiger partial charge in [-0.2, -0.15) is 4.98 Å². The summed E-state index contributed by atoms with van der Waals surface area (Å²) in [6.07, 6.45) is 3.22. The van der Waals surface area contributed by atoms with Crippen molar-refractivity contribution in [2.75, 3.05) is 36.5 Å². The number of nitrogens with one attached hydrogen (secondary N) is 1. The fourth-order valence-electron chi connectivity index (χ4n) is 2.89. The normalized spacial score (nSPS) is 14.5. The van der Waals surface area contributed by atoms with Gasteiger partial charge in [0.15, 0.2) is 5.82 Å². The van der Waals surface area contributed by atoms with Gasteiger partial charge < -0.3 is 15.0 Å².